The molecular weight excluding hydrogens is 324 g/mol. The minimum absolute atomic E-state index is 0.00630. The van der Waals surface area contributed by atoms with Crippen LogP contribution in [0.25, 0.3) is 0 Å². The Hall–Kier alpha value is -2.28. The summed E-state index contributed by atoms with van der Waals surface area (Å²) in [7, 11) is 4.30. The Morgan fingerprint density at radius 2 is 1.76 bits per heavy atom. The molecular formula is C18H24N2O5. The molecule has 1 aromatic rings. The molecule has 1 saturated carbocycles. The molecule has 1 atom stereocenters. The van der Waals surface area contributed by atoms with Gasteiger partial charge in [0.2, 0.25) is 5.91 Å². The standard InChI is InChI=1S/C18H24N2O5/c1-23-14-8-11(17(22)25-3)13(9-15(14)24-2)20-16(21)12-10-18(12)4-6-19-7-5-18/h8-9,12,19H,4-7,10H2,1-3H3,(H,20,21). The number of hydrogen-bond donors (Lipinski definition) is 2. The Labute approximate surface area is 147 Å². The van der Waals surface area contributed by atoms with E-state index in [0.29, 0.717) is 17.2 Å². The third-order valence-corrected chi connectivity index (χ3v) is 5.29. The normalized spacial score (nSPS) is 20.7. The van der Waals surface area contributed by atoms with E-state index < -0.39 is 5.97 Å². The highest BCUT2D eigenvalue weighted by molar-refractivity contribution is 6.03. The molecule has 1 saturated heterocycles. The first-order valence-electron chi connectivity index (χ1n) is 8.40. The molecule has 3 rings (SSSR count). The van der Waals surface area contributed by atoms with Crippen LogP contribution in [0.3, 0.4) is 0 Å². The van der Waals surface area contributed by atoms with Gasteiger partial charge in [-0.05, 0) is 37.8 Å². The second-order valence-corrected chi connectivity index (χ2v) is 6.60. The van der Waals surface area contributed by atoms with Gasteiger partial charge in [-0.1, -0.05) is 0 Å². The number of anilines is 1. The van der Waals surface area contributed by atoms with Crippen molar-refractivity contribution < 1.29 is 23.8 Å². The SMILES string of the molecule is COC(=O)c1cc(OC)c(OC)cc1NC(=O)C1CC12CCNCC2. The zero-order valence-electron chi connectivity index (χ0n) is 14.8. The van der Waals surface area contributed by atoms with Crippen LogP contribution in [-0.4, -0.2) is 46.3 Å². The first-order valence-corrected chi connectivity index (χ1v) is 8.40. The topological polar surface area (TPSA) is 85.9 Å². The minimum Gasteiger partial charge on any atom is -0.493 e. The van der Waals surface area contributed by atoms with Crippen LogP contribution in [0.15, 0.2) is 12.1 Å². The van der Waals surface area contributed by atoms with E-state index in [0.717, 1.165) is 32.4 Å². The maximum Gasteiger partial charge on any atom is 0.340 e. The number of carbonyl (C=O) groups excluding carboxylic acids is 2. The first kappa shape index (κ1) is 17.5. The van der Waals surface area contributed by atoms with Gasteiger partial charge in [0.25, 0.3) is 0 Å². The molecule has 0 aromatic heterocycles. The molecule has 0 radical (unpaired) electrons. The molecule has 1 aromatic carbocycles. The second-order valence-electron chi connectivity index (χ2n) is 6.60. The van der Waals surface area contributed by atoms with Gasteiger partial charge >= 0.3 is 5.97 Å². The van der Waals surface area contributed by atoms with Gasteiger partial charge in [-0.25, -0.2) is 4.79 Å². The van der Waals surface area contributed by atoms with E-state index in [-0.39, 0.29) is 22.8 Å². The zero-order valence-corrected chi connectivity index (χ0v) is 14.8. The van der Waals surface area contributed by atoms with Gasteiger partial charge in [-0.15, -0.1) is 0 Å². The molecule has 25 heavy (non-hydrogen) atoms. The number of carbonyl (C=O) groups is 2. The van der Waals surface area contributed by atoms with E-state index in [2.05, 4.69) is 10.6 Å². The molecule has 1 spiro atoms. The predicted molar refractivity (Wildman–Crippen MR) is 92.2 cm³/mol. The molecule has 136 valence electrons. The van der Waals surface area contributed by atoms with Crippen LogP contribution in [0.4, 0.5) is 5.69 Å². The Morgan fingerprint density at radius 3 is 2.36 bits per heavy atom. The van der Waals surface area contributed by atoms with E-state index in [1.54, 1.807) is 6.07 Å². The number of benzene rings is 1. The number of methoxy groups -OCH3 is 3. The molecule has 1 unspecified atom stereocenters. The zero-order chi connectivity index (χ0) is 18.0. The highest BCUT2D eigenvalue weighted by Gasteiger charge is 2.57. The number of rotatable bonds is 5. The number of esters is 1. The fourth-order valence-electron chi connectivity index (χ4n) is 3.68. The summed E-state index contributed by atoms with van der Waals surface area (Å²) in [6.45, 7) is 1.90. The Kier molecular flexibility index (Phi) is 4.85. The van der Waals surface area contributed by atoms with Crippen LogP contribution in [0.1, 0.15) is 29.6 Å². The molecule has 1 amide bonds. The number of amides is 1. The van der Waals surface area contributed by atoms with Crippen LogP contribution >= 0.6 is 0 Å². The van der Waals surface area contributed by atoms with Crippen molar-refractivity contribution in [2.75, 3.05) is 39.7 Å². The lowest BCUT2D eigenvalue weighted by atomic mass is 9.91. The molecule has 2 aliphatic rings. The van der Waals surface area contributed by atoms with Crippen LogP contribution < -0.4 is 20.1 Å². The molecule has 7 heteroatoms. The van der Waals surface area contributed by atoms with Crippen molar-refractivity contribution in [2.45, 2.75) is 19.3 Å². The number of piperidine rings is 1. The van der Waals surface area contributed by atoms with Crippen molar-refractivity contribution >= 4 is 17.6 Å². The Bertz CT molecular complexity index is 682. The van der Waals surface area contributed by atoms with E-state index in [4.69, 9.17) is 14.2 Å². The molecule has 0 bridgehead atoms. The summed E-state index contributed by atoms with van der Waals surface area (Å²) in [5, 5.41) is 6.22. The van der Waals surface area contributed by atoms with Gasteiger partial charge < -0.3 is 24.8 Å². The minimum atomic E-state index is -0.538. The summed E-state index contributed by atoms with van der Waals surface area (Å²) in [4.78, 5) is 24.8. The van der Waals surface area contributed by atoms with Crippen LogP contribution in [0, 0.1) is 11.3 Å². The van der Waals surface area contributed by atoms with Gasteiger partial charge in [0.05, 0.1) is 32.6 Å². The summed E-state index contributed by atoms with van der Waals surface area (Å²) in [5.74, 6) is 0.246. The van der Waals surface area contributed by atoms with E-state index >= 15 is 0 Å². The molecule has 1 aliphatic carbocycles. The highest BCUT2D eigenvalue weighted by Crippen LogP contribution is 2.58. The van der Waals surface area contributed by atoms with Gasteiger partial charge in [0.15, 0.2) is 11.5 Å². The molecule has 7 nitrogen and oxygen atoms in total. The fourth-order valence-corrected chi connectivity index (χ4v) is 3.68. The lowest BCUT2D eigenvalue weighted by molar-refractivity contribution is -0.118. The summed E-state index contributed by atoms with van der Waals surface area (Å²) >= 11 is 0. The predicted octanol–water partition coefficient (Wildman–Crippen LogP) is 1.82. The number of hydrogen-bond acceptors (Lipinski definition) is 6. The summed E-state index contributed by atoms with van der Waals surface area (Å²) in [6, 6.07) is 3.12. The third kappa shape index (κ3) is 3.28. The maximum atomic E-state index is 12.7. The molecule has 2 fully saturated rings. The third-order valence-electron chi connectivity index (χ3n) is 5.29. The van der Waals surface area contributed by atoms with Crippen LogP contribution in [-0.2, 0) is 9.53 Å². The number of nitrogens with one attached hydrogen (secondary N) is 2. The van der Waals surface area contributed by atoms with Crippen molar-refractivity contribution in [3.8, 4) is 11.5 Å². The molecule has 1 aliphatic heterocycles. The summed E-state index contributed by atoms with van der Waals surface area (Å²) in [5.41, 5.74) is 0.746. The quantitative estimate of drug-likeness (QED) is 0.790. The van der Waals surface area contributed by atoms with E-state index in [1.165, 1.54) is 27.4 Å². The van der Waals surface area contributed by atoms with Gasteiger partial charge in [0.1, 0.15) is 0 Å². The largest absolute Gasteiger partial charge is 0.493 e. The smallest absolute Gasteiger partial charge is 0.340 e. The van der Waals surface area contributed by atoms with Crippen molar-refractivity contribution in [1.82, 2.24) is 5.32 Å². The van der Waals surface area contributed by atoms with Crippen molar-refractivity contribution in [1.29, 1.82) is 0 Å². The van der Waals surface area contributed by atoms with Gasteiger partial charge in [-0.2, -0.15) is 0 Å². The molecule has 1 heterocycles. The first-order chi connectivity index (χ1) is 12.0. The Morgan fingerprint density at radius 1 is 1.12 bits per heavy atom. The average molecular weight is 348 g/mol. The number of ether oxygens (including phenoxy) is 3. The van der Waals surface area contributed by atoms with E-state index in [9.17, 15) is 9.59 Å². The van der Waals surface area contributed by atoms with Crippen LogP contribution in [0.5, 0.6) is 11.5 Å². The Balaban J connectivity index is 1.83. The van der Waals surface area contributed by atoms with Gasteiger partial charge in [0, 0.05) is 18.1 Å². The lowest BCUT2D eigenvalue weighted by Gasteiger charge is -2.23. The summed E-state index contributed by atoms with van der Waals surface area (Å²) in [6.07, 6.45) is 2.93. The van der Waals surface area contributed by atoms with Crippen LogP contribution in [0.2, 0.25) is 0 Å². The summed E-state index contributed by atoms with van der Waals surface area (Å²) < 4.78 is 15.3. The second kappa shape index (κ2) is 6.92. The van der Waals surface area contributed by atoms with Gasteiger partial charge in [-0.3, -0.25) is 4.79 Å². The van der Waals surface area contributed by atoms with Crippen molar-refractivity contribution in [2.24, 2.45) is 11.3 Å². The fraction of sp³-hybridized carbons (Fsp3) is 0.556. The van der Waals surface area contributed by atoms with Crippen molar-refractivity contribution in [3.05, 3.63) is 17.7 Å². The monoisotopic (exact) mass is 348 g/mol. The lowest BCUT2D eigenvalue weighted by Crippen LogP contribution is -2.31. The van der Waals surface area contributed by atoms with Crippen molar-refractivity contribution in [3.63, 3.8) is 0 Å². The van der Waals surface area contributed by atoms with E-state index in [1.807, 2.05) is 0 Å². The highest BCUT2D eigenvalue weighted by atomic mass is 16.5. The molecule has 2 N–H and O–H groups in total. The average Bonchev–Trinajstić information content (AvgIpc) is 3.34. The maximum absolute atomic E-state index is 12.7.